The van der Waals surface area contributed by atoms with Gasteiger partial charge in [-0.2, -0.15) is 13.2 Å². The van der Waals surface area contributed by atoms with Gasteiger partial charge < -0.3 is 15.5 Å². The Kier molecular flexibility index (Phi) is 7.71. The van der Waals surface area contributed by atoms with Crippen LogP contribution in [0.2, 0.25) is 0 Å². The molecule has 2 N–H and O–H groups in total. The Labute approximate surface area is 177 Å². The summed E-state index contributed by atoms with van der Waals surface area (Å²) in [6.07, 6.45) is -1.96. The Bertz CT molecular complexity index is 726. The predicted molar refractivity (Wildman–Crippen MR) is 113 cm³/mol. The molecule has 0 spiro atoms. The van der Waals surface area contributed by atoms with Gasteiger partial charge in [0.2, 0.25) is 0 Å². The second-order valence-corrected chi connectivity index (χ2v) is 6.85. The zero-order valence-electron chi connectivity index (χ0n) is 14.5. The summed E-state index contributed by atoms with van der Waals surface area (Å²) < 4.78 is 37.7. The maximum absolute atomic E-state index is 12.6. The van der Waals surface area contributed by atoms with E-state index in [0.717, 1.165) is 49.0 Å². The number of thiazole rings is 1. The van der Waals surface area contributed by atoms with E-state index in [1.54, 1.807) is 17.5 Å². The number of halogens is 4. The second kappa shape index (κ2) is 9.58. The molecular formula is C17H21F3IN5S. The van der Waals surface area contributed by atoms with Crippen LogP contribution in [0.3, 0.4) is 0 Å². The zero-order valence-corrected chi connectivity index (χ0v) is 17.7. The monoisotopic (exact) mass is 511 g/mol. The summed E-state index contributed by atoms with van der Waals surface area (Å²) in [7, 11) is 0. The summed E-state index contributed by atoms with van der Waals surface area (Å²) in [6.45, 7) is 3.67. The van der Waals surface area contributed by atoms with Crippen LogP contribution in [0.25, 0.3) is 0 Å². The molecule has 1 aromatic carbocycles. The molecule has 1 aliphatic rings. The molecular weight excluding hydrogens is 490 g/mol. The van der Waals surface area contributed by atoms with Crippen LogP contribution in [0, 0.1) is 0 Å². The van der Waals surface area contributed by atoms with E-state index in [1.807, 2.05) is 10.3 Å². The van der Waals surface area contributed by atoms with Gasteiger partial charge >= 0.3 is 6.18 Å². The quantitative estimate of drug-likeness (QED) is 0.388. The van der Waals surface area contributed by atoms with Gasteiger partial charge in [-0.1, -0.05) is 12.1 Å². The maximum atomic E-state index is 12.6. The number of aromatic nitrogens is 1. The molecule has 1 fully saturated rings. The van der Waals surface area contributed by atoms with Gasteiger partial charge in [0.1, 0.15) is 0 Å². The lowest BCUT2D eigenvalue weighted by Gasteiger charge is -2.35. The molecule has 0 saturated carbocycles. The van der Waals surface area contributed by atoms with Gasteiger partial charge in [-0.05, 0) is 24.1 Å². The SMILES string of the molecule is I.NC(=NCCc1ccc(C(F)(F)F)cc1)N1CCN(c2nccs2)CC1. The summed E-state index contributed by atoms with van der Waals surface area (Å²) in [6, 6.07) is 5.17. The van der Waals surface area contributed by atoms with E-state index in [2.05, 4.69) is 14.9 Å². The van der Waals surface area contributed by atoms with Crippen molar-refractivity contribution in [3.63, 3.8) is 0 Å². The summed E-state index contributed by atoms with van der Waals surface area (Å²) in [5.41, 5.74) is 6.23. The molecule has 0 amide bonds. The molecule has 0 radical (unpaired) electrons. The molecule has 0 atom stereocenters. The number of alkyl halides is 3. The number of hydrogen-bond acceptors (Lipinski definition) is 4. The van der Waals surface area contributed by atoms with Crippen molar-refractivity contribution in [3.8, 4) is 0 Å². The van der Waals surface area contributed by atoms with E-state index in [4.69, 9.17) is 5.73 Å². The highest BCUT2D eigenvalue weighted by Gasteiger charge is 2.29. The maximum Gasteiger partial charge on any atom is 0.416 e. The van der Waals surface area contributed by atoms with Crippen molar-refractivity contribution >= 4 is 46.4 Å². The first-order valence-electron chi connectivity index (χ1n) is 8.29. The van der Waals surface area contributed by atoms with E-state index in [-0.39, 0.29) is 24.0 Å². The van der Waals surface area contributed by atoms with Crippen LogP contribution in [0.5, 0.6) is 0 Å². The molecule has 2 aromatic rings. The standard InChI is InChI=1S/C17H20F3N5S.HI/c18-17(19,20)14-3-1-13(2-4-14)5-6-22-15(21)24-8-10-25(11-9-24)16-23-7-12-26-16;/h1-4,7,12H,5-6,8-11H2,(H2,21,22);1H. The molecule has 10 heteroatoms. The minimum Gasteiger partial charge on any atom is -0.370 e. The molecule has 148 valence electrons. The topological polar surface area (TPSA) is 57.8 Å². The first-order valence-corrected chi connectivity index (χ1v) is 9.17. The molecule has 0 unspecified atom stereocenters. The lowest BCUT2D eigenvalue weighted by Crippen LogP contribution is -2.51. The number of guanidine groups is 1. The molecule has 2 heterocycles. The minimum absolute atomic E-state index is 0. The van der Waals surface area contributed by atoms with Crippen molar-refractivity contribution < 1.29 is 13.2 Å². The smallest absolute Gasteiger partial charge is 0.370 e. The Hall–Kier alpha value is -1.56. The largest absolute Gasteiger partial charge is 0.416 e. The number of nitrogens with zero attached hydrogens (tertiary/aromatic N) is 4. The van der Waals surface area contributed by atoms with Crippen molar-refractivity contribution in [2.24, 2.45) is 10.7 Å². The molecule has 1 saturated heterocycles. The highest BCUT2D eigenvalue weighted by atomic mass is 127. The van der Waals surface area contributed by atoms with Crippen LogP contribution < -0.4 is 10.6 Å². The van der Waals surface area contributed by atoms with Crippen molar-refractivity contribution in [1.29, 1.82) is 0 Å². The van der Waals surface area contributed by atoms with Gasteiger partial charge in [0.15, 0.2) is 11.1 Å². The number of nitrogens with two attached hydrogens (primary N) is 1. The Balaban J connectivity index is 0.00000261. The first-order chi connectivity index (χ1) is 12.4. The molecule has 3 rings (SSSR count). The lowest BCUT2D eigenvalue weighted by atomic mass is 10.1. The number of anilines is 1. The van der Waals surface area contributed by atoms with Gasteiger partial charge in [-0.15, -0.1) is 35.3 Å². The van der Waals surface area contributed by atoms with Crippen LogP contribution in [0.4, 0.5) is 18.3 Å². The molecule has 0 aliphatic carbocycles. The van der Waals surface area contributed by atoms with Crippen LogP contribution in [-0.2, 0) is 12.6 Å². The fraction of sp³-hybridized carbons (Fsp3) is 0.412. The summed E-state index contributed by atoms with van der Waals surface area (Å²) in [5, 5.41) is 2.97. The number of benzene rings is 1. The van der Waals surface area contributed by atoms with Gasteiger partial charge in [0.05, 0.1) is 5.56 Å². The van der Waals surface area contributed by atoms with E-state index >= 15 is 0 Å². The normalized spacial score (nSPS) is 15.6. The number of piperazine rings is 1. The summed E-state index contributed by atoms with van der Waals surface area (Å²) in [5.74, 6) is 0.482. The van der Waals surface area contributed by atoms with E-state index in [9.17, 15) is 13.2 Å². The van der Waals surface area contributed by atoms with Crippen molar-refractivity contribution in [2.75, 3.05) is 37.6 Å². The number of hydrogen-bond donors (Lipinski definition) is 1. The van der Waals surface area contributed by atoms with E-state index < -0.39 is 11.7 Å². The molecule has 5 nitrogen and oxygen atoms in total. The van der Waals surface area contributed by atoms with Gasteiger partial charge in [-0.25, -0.2) is 4.98 Å². The minimum atomic E-state index is -4.30. The van der Waals surface area contributed by atoms with Crippen molar-refractivity contribution in [1.82, 2.24) is 9.88 Å². The molecule has 1 aliphatic heterocycles. The highest BCUT2D eigenvalue weighted by molar-refractivity contribution is 14.0. The third kappa shape index (κ3) is 5.96. The number of rotatable bonds is 4. The third-order valence-corrected chi connectivity index (χ3v) is 5.08. The van der Waals surface area contributed by atoms with Gasteiger partial charge in [-0.3, -0.25) is 4.99 Å². The number of aliphatic imine (C=N–C) groups is 1. The van der Waals surface area contributed by atoms with Crippen LogP contribution >= 0.6 is 35.3 Å². The zero-order chi connectivity index (χ0) is 18.6. The van der Waals surface area contributed by atoms with Crippen molar-refractivity contribution in [3.05, 3.63) is 47.0 Å². The fourth-order valence-electron chi connectivity index (χ4n) is 2.76. The van der Waals surface area contributed by atoms with Crippen LogP contribution in [0.15, 0.2) is 40.8 Å². The van der Waals surface area contributed by atoms with Crippen molar-refractivity contribution in [2.45, 2.75) is 12.6 Å². The summed E-state index contributed by atoms with van der Waals surface area (Å²) in [4.78, 5) is 12.9. The highest BCUT2D eigenvalue weighted by Crippen LogP contribution is 2.29. The van der Waals surface area contributed by atoms with Crippen LogP contribution in [-0.4, -0.2) is 48.6 Å². The van der Waals surface area contributed by atoms with Gasteiger partial charge in [0, 0.05) is 44.3 Å². The van der Waals surface area contributed by atoms with Gasteiger partial charge in [0.25, 0.3) is 0 Å². The molecule has 1 aromatic heterocycles. The second-order valence-electron chi connectivity index (χ2n) is 5.97. The molecule has 27 heavy (non-hydrogen) atoms. The lowest BCUT2D eigenvalue weighted by molar-refractivity contribution is -0.137. The van der Waals surface area contributed by atoms with E-state index in [1.165, 1.54) is 12.1 Å². The summed E-state index contributed by atoms with van der Waals surface area (Å²) >= 11 is 1.62. The average Bonchev–Trinajstić information content (AvgIpc) is 3.16. The molecule has 0 bridgehead atoms. The Morgan fingerprint density at radius 3 is 2.37 bits per heavy atom. The Morgan fingerprint density at radius 2 is 1.81 bits per heavy atom. The average molecular weight is 511 g/mol. The fourth-order valence-corrected chi connectivity index (χ4v) is 3.46. The van der Waals surface area contributed by atoms with E-state index in [0.29, 0.717) is 18.9 Å². The third-order valence-electron chi connectivity index (χ3n) is 4.25. The predicted octanol–water partition coefficient (Wildman–Crippen LogP) is 3.46. The van der Waals surface area contributed by atoms with Crippen LogP contribution in [0.1, 0.15) is 11.1 Å². The Morgan fingerprint density at radius 1 is 1.15 bits per heavy atom. The first kappa shape index (κ1) is 21.7.